The molecule has 0 radical (unpaired) electrons. The van der Waals surface area contributed by atoms with Gasteiger partial charge in [-0.1, -0.05) is 35.9 Å². The lowest BCUT2D eigenvalue weighted by atomic mass is 9.78. The van der Waals surface area contributed by atoms with Crippen molar-refractivity contribution in [1.29, 1.82) is 0 Å². The van der Waals surface area contributed by atoms with Crippen LogP contribution in [0.4, 0.5) is 0 Å². The molecular weight excluding hydrogens is 346 g/mol. The van der Waals surface area contributed by atoms with Gasteiger partial charge in [-0.25, -0.2) is 0 Å². The van der Waals surface area contributed by atoms with Gasteiger partial charge < -0.3 is 4.90 Å². The fourth-order valence-corrected chi connectivity index (χ4v) is 4.55. The predicted octanol–water partition coefficient (Wildman–Crippen LogP) is 3.75. The van der Waals surface area contributed by atoms with Crippen LogP contribution in [0, 0.1) is 5.41 Å². The van der Waals surface area contributed by atoms with Crippen LogP contribution in [0.2, 0.25) is 5.02 Å². The third kappa shape index (κ3) is 3.49. The van der Waals surface area contributed by atoms with Crippen LogP contribution in [0.1, 0.15) is 30.4 Å². The average molecular weight is 370 g/mol. The number of hydrogen-bond donors (Lipinski definition) is 0. The van der Waals surface area contributed by atoms with E-state index in [0.717, 1.165) is 61.6 Å². The van der Waals surface area contributed by atoms with Gasteiger partial charge in [0.2, 0.25) is 5.91 Å². The van der Waals surface area contributed by atoms with Crippen molar-refractivity contribution in [3.63, 3.8) is 0 Å². The van der Waals surface area contributed by atoms with Gasteiger partial charge in [0.1, 0.15) is 0 Å². The Hall–Kier alpha value is -1.91. The number of piperidine rings is 1. The summed E-state index contributed by atoms with van der Waals surface area (Å²) in [5, 5.41) is 0.807. The lowest BCUT2D eigenvalue weighted by Gasteiger charge is -2.39. The third-order valence-corrected chi connectivity index (χ3v) is 6.07. The summed E-state index contributed by atoms with van der Waals surface area (Å²) in [6, 6.07) is 12.0. The molecule has 0 bridgehead atoms. The maximum absolute atomic E-state index is 13.3. The first-order valence-electron chi connectivity index (χ1n) is 9.30. The number of rotatable bonds is 4. The van der Waals surface area contributed by atoms with Crippen LogP contribution in [0.5, 0.6) is 0 Å². The second kappa shape index (κ2) is 7.37. The van der Waals surface area contributed by atoms with Crippen LogP contribution < -0.4 is 0 Å². The van der Waals surface area contributed by atoms with Gasteiger partial charge >= 0.3 is 0 Å². The van der Waals surface area contributed by atoms with Crippen LogP contribution in [0.25, 0.3) is 0 Å². The monoisotopic (exact) mass is 369 g/mol. The van der Waals surface area contributed by atoms with Crippen molar-refractivity contribution in [3.8, 4) is 0 Å². The average Bonchev–Trinajstić information content (AvgIpc) is 3.06. The summed E-state index contributed by atoms with van der Waals surface area (Å²) in [6.45, 7) is 4.12. The highest BCUT2D eigenvalue weighted by atomic mass is 35.5. The lowest BCUT2D eigenvalue weighted by Crippen LogP contribution is -2.49. The normalized spacial score (nSPS) is 23.7. The summed E-state index contributed by atoms with van der Waals surface area (Å²) in [7, 11) is 0. The molecule has 2 aliphatic rings. The quantitative estimate of drug-likeness (QED) is 0.823. The van der Waals surface area contributed by atoms with Gasteiger partial charge in [-0.15, -0.1) is 0 Å². The van der Waals surface area contributed by atoms with Gasteiger partial charge in [0.25, 0.3) is 0 Å². The Labute approximate surface area is 159 Å². The first-order chi connectivity index (χ1) is 12.7. The van der Waals surface area contributed by atoms with E-state index in [1.54, 1.807) is 6.20 Å². The van der Waals surface area contributed by atoms with E-state index in [1.165, 1.54) is 0 Å². The van der Waals surface area contributed by atoms with Crippen molar-refractivity contribution in [1.82, 2.24) is 14.8 Å². The standard InChI is InChI=1S/C21H24ClN3O/c22-19-7-2-1-6-18(19)15-24-12-9-21(16-24)8-4-11-25(20(21)26)14-17-5-3-10-23-13-17/h1-3,5-7,10,13H,4,8-9,11-12,14-16H2. The Bertz CT molecular complexity index is 782. The molecule has 136 valence electrons. The van der Waals surface area contributed by atoms with Crippen molar-refractivity contribution < 1.29 is 4.79 Å². The predicted molar refractivity (Wildman–Crippen MR) is 103 cm³/mol. The van der Waals surface area contributed by atoms with Gasteiger partial charge in [0.15, 0.2) is 0 Å². The molecule has 2 aromatic rings. The van der Waals surface area contributed by atoms with Crippen molar-refractivity contribution in [2.75, 3.05) is 19.6 Å². The summed E-state index contributed by atoms with van der Waals surface area (Å²) in [4.78, 5) is 21.9. The molecule has 2 aliphatic heterocycles. The highest BCUT2D eigenvalue weighted by Crippen LogP contribution is 2.41. The Morgan fingerprint density at radius 3 is 2.77 bits per heavy atom. The Kier molecular flexibility index (Phi) is 4.96. The molecule has 4 rings (SSSR count). The first-order valence-corrected chi connectivity index (χ1v) is 9.68. The number of carbonyl (C=O) groups is 1. The third-order valence-electron chi connectivity index (χ3n) is 5.71. The van der Waals surface area contributed by atoms with E-state index in [1.807, 2.05) is 41.4 Å². The lowest BCUT2D eigenvalue weighted by molar-refractivity contribution is -0.146. The molecule has 0 N–H and O–H groups in total. The molecule has 2 fully saturated rings. The molecule has 1 aromatic heterocycles. The van der Waals surface area contributed by atoms with E-state index in [-0.39, 0.29) is 5.41 Å². The minimum atomic E-state index is -0.221. The smallest absolute Gasteiger partial charge is 0.230 e. The number of benzene rings is 1. The fraction of sp³-hybridized carbons (Fsp3) is 0.429. The van der Waals surface area contributed by atoms with Crippen molar-refractivity contribution in [2.24, 2.45) is 5.41 Å². The van der Waals surface area contributed by atoms with Crippen molar-refractivity contribution in [2.45, 2.75) is 32.4 Å². The van der Waals surface area contributed by atoms with Crippen molar-refractivity contribution in [3.05, 3.63) is 64.9 Å². The number of nitrogens with zero attached hydrogens (tertiary/aromatic N) is 3. The van der Waals surface area contributed by atoms with Crippen LogP contribution in [-0.2, 0) is 17.9 Å². The summed E-state index contributed by atoms with van der Waals surface area (Å²) in [5.74, 6) is 0.314. The second-order valence-electron chi connectivity index (χ2n) is 7.52. The molecular formula is C21H24ClN3O. The van der Waals surface area contributed by atoms with Crippen molar-refractivity contribution >= 4 is 17.5 Å². The summed E-state index contributed by atoms with van der Waals surface area (Å²) in [6.07, 6.45) is 6.64. The van der Waals surface area contributed by atoms with E-state index in [2.05, 4.69) is 16.0 Å². The van der Waals surface area contributed by atoms with Crippen LogP contribution in [0.3, 0.4) is 0 Å². The van der Waals surface area contributed by atoms with Gasteiger partial charge in [0, 0.05) is 43.6 Å². The minimum Gasteiger partial charge on any atom is -0.338 e. The van der Waals surface area contributed by atoms with E-state index in [0.29, 0.717) is 12.5 Å². The zero-order chi connectivity index (χ0) is 18.0. The van der Waals surface area contributed by atoms with E-state index < -0.39 is 0 Å². The maximum atomic E-state index is 13.3. The summed E-state index contributed by atoms with van der Waals surface area (Å²) >= 11 is 6.31. The largest absolute Gasteiger partial charge is 0.338 e. The molecule has 0 aliphatic carbocycles. The van der Waals surface area contributed by atoms with Crippen LogP contribution >= 0.6 is 11.6 Å². The molecule has 1 amide bonds. The molecule has 5 heteroatoms. The summed E-state index contributed by atoms with van der Waals surface area (Å²) in [5.41, 5.74) is 2.02. The van der Waals surface area contributed by atoms with E-state index >= 15 is 0 Å². The molecule has 1 unspecified atom stereocenters. The number of aromatic nitrogens is 1. The molecule has 4 nitrogen and oxygen atoms in total. The molecule has 2 saturated heterocycles. The Balaban J connectivity index is 1.45. The van der Waals surface area contributed by atoms with Gasteiger partial charge in [-0.05, 0) is 49.1 Å². The van der Waals surface area contributed by atoms with E-state index in [9.17, 15) is 4.79 Å². The molecule has 3 heterocycles. The van der Waals surface area contributed by atoms with E-state index in [4.69, 9.17) is 11.6 Å². The Morgan fingerprint density at radius 2 is 1.96 bits per heavy atom. The second-order valence-corrected chi connectivity index (χ2v) is 7.93. The van der Waals surface area contributed by atoms with Gasteiger partial charge in [-0.2, -0.15) is 0 Å². The minimum absolute atomic E-state index is 0.221. The van der Waals surface area contributed by atoms with Gasteiger partial charge in [0.05, 0.1) is 5.41 Å². The van der Waals surface area contributed by atoms with Crippen LogP contribution in [-0.4, -0.2) is 40.3 Å². The van der Waals surface area contributed by atoms with Gasteiger partial charge in [-0.3, -0.25) is 14.7 Å². The summed E-state index contributed by atoms with van der Waals surface area (Å²) < 4.78 is 0. The zero-order valence-corrected chi connectivity index (χ0v) is 15.7. The number of carbonyl (C=O) groups excluding carboxylic acids is 1. The molecule has 1 spiro atoms. The zero-order valence-electron chi connectivity index (χ0n) is 14.9. The number of hydrogen-bond acceptors (Lipinski definition) is 3. The number of amides is 1. The number of halogens is 1. The SMILES string of the molecule is O=C1N(Cc2cccnc2)CCCC12CCN(Cc1ccccc1Cl)C2. The number of likely N-dealkylation sites (tertiary alicyclic amines) is 2. The molecule has 0 saturated carbocycles. The highest BCUT2D eigenvalue weighted by Gasteiger charge is 2.48. The maximum Gasteiger partial charge on any atom is 0.230 e. The fourth-order valence-electron chi connectivity index (χ4n) is 4.35. The highest BCUT2D eigenvalue weighted by molar-refractivity contribution is 6.31. The topological polar surface area (TPSA) is 36.4 Å². The Morgan fingerprint density at radius 1 is 1.08 bits per heavy atom. The number of pyridine rings is 1. The first kappa shape index (κ1) is 17.5. The molecule has 1 atom stereocenters. The molecule has 26 heavy (non-hydrogen) atoms. The molecule has 1 aromatic carbocycles. The van der Waals surface area contributed by atoms with Crippen LogP contribution in [0.15, 0.2) is 48.8 Å².